The summed E-state index contributed by atoms with van der Waals surface area (Å²) in [5, 5.41) is 13.3. The molecule has 0 aliphatic carbocycles. The Balaban J connectivity index is 1.33. The molecule has 9 heteroatoms. The number of nitrogens with one attached hydrogen (secondary N) is 1. The summed E-state index contributed by atoms with van der Waals surface area (Å²) in [7, 11) is 0. The second-order valence-corrected chi connectivity index (χ2v) is 8.83. The molecule has 0 spiro atoms. The lowest BCUT2D eigenvalue weighted by Crippen LogP contribution is -2.33. The number of amides is 1. The molecule has 3 aromatic heterocycles. The van der Waals surface area contributed by atoms with Gasteiger partial charge in [0.2, 0.25) is 0 Å². The average Bonchev–Trinajstić information content (AvgIpc) is 2.91. The number of nitrogens with zero attached hydrogens (tertiary/aromatic N) is 4. The van der Waals surface area contributed by atoms with Crippen LogP contribution in [0.15, 0.2) is 60.9 Å². The number of nitriles is 1. The van der Waals surface area contributed by atoms with Crippen molar-refractivity contribution in [3.05, 3.63) is 89.0 Å². The third-order valence-corrected chi connectivity index (χ3v) is 6.23. The number of aromatic nitrogens is 3. The highest BCUT2D eigenvalue weighted by Gasteiger charge is 2.33. The van der Waals surface area contributed by atoms with Gasteiger partial charge in [-0.15, -0.1) is 0 Å². The van der Waals surface area contributed by atoms with Crippen LogP contribution in [0.2, 0.25) is 0 Å². The molecule has 1 aromatic carbocycles. The van der Waals surface area contributed by atoms with Crippen molar-refractivity contribution in [3.8, 4) is 17.3 Å². The lowest BCUT2D eigenvalue weighted by molar-refractivity contribution is 0.0757. The van der Waals surface area contributed by atoms with E-state index in [1.807, 2.05) is 12.1 Å². The summed E-state index contributed by atoms with van der Waals surface area (Å²) in [6, 6.07) is 15.8. The Morgan fingerprint density at radius 2 is 2.03 bits per heavy atom. The number of benzene rings is 1. The number of rotatable bonds is 5. The topological polar surface area (TPSA) is 101 Å². The maximum absolute atomic E-state index is 12.9. The second kappa shape index (κ2) is 9.40. The predicted molar refractivity (Wildman–Crippen MR) is 128 cm³/mol. The monoisotopic (exact) mass is 485 g/mol. The highest BCUT2D eigenvalue weighted by molar-refractivity contribution is 5.94. The molecule has 180 valence electrons. The first-order valence-electron chi connectivity index (χ1n) is 11.3. The first-order valence-corrected chi connectivity index (χ1v) is 11.3. The highest BCUT2D eigenvalue weighted by atomic mass is 19.3. The van der Waals surface area contributed by atoms with Crippen LogP contribution in [0.4, 0.5) is 8.78 Å². The van der Waals surface area contributed by atoms with Crippen LogP contribution in [0.3, 0.4) is 0 Å². The number of hydrogen-bond acceptors (Lipinski definition) is 6. The maximum atomic E-state index is 12.9. The molecule has 0 saturated carbocycles. The number of pyridine rings is 3. The first kappa shape index (κ1) is 23.5. The van der Waals surface area contributed by atoms with Gasteiger partial charge < -0.3 is 10.1 Å². The number of hydrogen-bond donors (Lipinski definition) is 1. The fourth-order valence-electron chi connectivity index (χ4n) is 4.17. The summed E-state index contributed by atoms with van der Waals surface area (Å²) in [4.78, 5) is 25.7. The Morgan fingerprint density at radius 1 is 1.17 bits per heavy atom. The van der Waals surface area contributed by atoms with Gasteiger partial charge in [-0.25, -0.2) is 13.8 Å². The van der Waals surface area contributed by atoms with Gasteiger partial charge in [-0.3, -0.25) is 14.8 Å². The summed E-state index contributed by atoms with van der Waals surface area (Å²) < 4.78 is 31.1. The van der Waals surface area contributed by atoms with Gasteiger partial charge in [0.1, 0.15) is 11.1 Å². The molecule has 5 rings (SSSR count). The summed E-state index contributed by atoms with van der Waals surface area (Å²) >= 11 is 0. The number of carbonyl (C=O) groups is 1. The van der Waals surface area contributed by atoms with E-state index in [0.29, 0.717) is 34.6 Å². The average molecular weight is 485 g/mol. The van der Waals surface area contributed by atoms with E-state index in [2.05, 4.69) is 26.3 Å². The van der Waals surface area contributed by atoms with Crippen LogP contribution in [0.1, 0.15) is 46.2 Å². The Bertz CT molecular complexity index is 1500. The predicted octanol–water partition coefficient (Wildman–Crippen LogP) is 4.87. The summed E-state index contributed by atoms with van der Waals surface area (Å²) in [6.07, 6.45) is 0.418. The van der Waals surface area contributed by atoms with Crippen LogP contribution in [0, 0.1) is 11.3 Å². The molecule has 0 radical (unpaired) electrons. The van der Waals surface area contributed by atoms with Crippen molar-refractivity contribution in [3.63, 3.8) is 0 Å². The molecule has 36 heavy (non-hydrogen) atoms. The molecule has 7 nitrogen and oxygen atoms in total. The molecule has 4 heterocycles. The molecule has 1 aliphatic rings. The van der Waals surface area contributed by atoms with Crippen LogP contribution in [-0.4, -0.2) is 27.5 Å². The first-order chi connectivity index (χ1) is 17.4. The van der Waals surface area contributed by atoms with E-state index < -0.39 is 11.8 Å². The molecule has 0 bridgehead atoms. The van der Waals surface area contributed by atoms with Gasteiger partial charge in [0.15, 0.2) is 0 Å². The maximum Gasteiger partial charge on any atom is 0.280 e. The van der Waals surface area contributed by atoms with Crippen molar-refractivity contribution >= 4 is 16.8 Å². The Hall–Kier alpha value is -4.29. The lowest BCUT2D eigenvalue weighted by Gasteiger charge is -2.30. The van der Waals surface area contributed by atoms with Gasteiger partial charge in [0.25, 0.3) is 12.3 Å². The number of halogens is 2. The van der Waals surface area contributed by atoms with Crippen molar-refractivity contribution in [2.45, 2.75) is 31.9 Å². The molecular weight excluding hydrogens is 464 g/mol. The molecule has 0 fully saturated rings. The molecule has 1 atom stereocenters. The van der Waals surface area contributed by atoms with E-state index in [4.69, 9.17) is 4.74 Å². The molecule has 0 saturated heterocycles. The number of fused-ring (bicyclic) bond motifs is 2. The Kier molecular flexibility index (Phi) is 6.12. The van der Waals surface area contributed by atoms with Gasteiger partial charge in [-0.2, -0.15) is 5.26 Å². The van der Waals surface area contributed by atoms with Gasteiger partial charge in [-0.05, 0) is 60.5 Å². The summed E-state index contributed by atoms with van der Waals surface area (Å²) in [5.41, 5.74) is 3.56. The standard InChI is InChI=1S/C27H21F2N5O2/c1-27(14-30)15-36-13-19-3-2-16(8-21(19)27)26(35)33-12-20-9-24-18(10-31-20)4-6-22(34-24)17-5-7-23(25(28)29)32-11-17/h2-11,25H,12-13,15H2,1H3,(H,33,35)/t27-/m1/s1. The largest absolute Gasteiger partial charge is 0.375 e. The van der Waals surface area contributed by atoms with E-state index in [-0.39, 0.29) is 24.8 Å². The number of alkyl halides is 2. The highest BCUT2D eigenvalue weighted by Crippen LogP contribution is 2.32. The van der Waals surface area contributed by atoms with Crippen molar-refractivity contribution in [2.24, 2.45) is 0 Å². The lowest BCUT2D eigenvalue weighted by atomic mass is 9.79. The fourth-order valence-corrected chi connectivity index (χ4v) is 4.17. The number of ether oxygens (including phenoxy) is 1. The van der Waals surface area contributed by atoms with Gasteiger partial charge >= 0.3 is 0 Å². The minimum atomic E-state index is -2.63. The van der Waals surface area contributed by atoms with Crippen LogP contribution in [0.5, 0.6) is 0 Å². The fraction of sp³-hybridized carbons (Fsp3) is 0.222. The molecule has 0 unspecified atom stereocenters. The summed E-state index contributed by atoms with van der Waals surface area (Å²) in [6.45, 7) is 2.68. The normalized spacial score (nSPS) is 17.0. The minimum Gasteiger partial charge on any atom is -0.375 e. The molecule has 4 aromatic rings. The molecule has 1 N–H and O–H groups in total. The minimum absolute atomic E-state index is 0.182. The van der Waals surface area contributed by atoms with E-state index in [9.17, 15) is 18.8 Å². The van der Waals surface area contributed by atoms with Crippen LogP contribution < -0.4 is 5.32 Å². The zero-order valence-electron chi connectivity index (χ0n) is 19.3. The Morgan fingerprint density at radius 3 is 2.78 bits per heavy atom. The van der Waals surface area contributed by atoms with E-state index in [1.165, 1.54) is 12.3 Å². The third kappa shape index (κ3) is 4.51. The molecular formula is C27H21F2N5O2. The van der Waals surface area contributed by atoms with Crippen LogP contribution in [0.25, 0.3) is 22.2 Å². The quantitative estimate of drug-likeness (QED) is 0.433. The van der Waals surface area contributed by atoms with Gasteiger partial charge in [0, 0.05) is 28.9 Å². The van der Waals surface area contributed by atoms with Crippen molar-refractivity contribution in [1.29, 1.82) is 5.26 Å². The van der Waals surface area contributed by atoms with Crippen LogP contribution >= 0.6 is 0 Å². The third-order valence-electron chi connectivity index (χ3n) is 6.23. The van der Waals surface area contributed by atoms with E-state index in [1.54, 1.807) is 43.5 Å². The molecule has 1 amide bonds. The zero-order chi connectivity index (χ0) is 25.3. The van der Waals surface area contributed by atoms with E-state index in [0.717, 1.165) is 16.5 Å². The number of carbonyl (C=O) groups excluding carboxylic acids is 1. The van der Waals surface area contributed by atoms with Gasteiger partial charge in [0.05, 0.1) is 42.7 Å². The van der Waals surface area contributed by atoms with Crippen molar-refractivity contribution < 1.29 is 18.3 Å². The van der Waals surface area contributed by atoms with E-state index >= 15 is 0 Å². The Labute approximate surface area is 205 Å². The van der Waals surface area contributed by atoms with Crippen molar-refractivity contribution in [1.82, 2.24) is 20.3 Å². The van der Waals surface area contributed by atoms with Crippen LogP contribution in [-0.2, 0) is 23.3 Å². The smallest absolute Gasteiger partial charge is 0.280 e. The van der Waals surface area contributed by atoms with Crippen molar-refractivity contribution in [2.75, 3.05) is 6.61 Å². The SMILES string of the molecule is C[C@@]1(C#N)COCc2ccc(C(=O)NCc3cc4nc(-c5ccc(C(F)F)nc5)ccc4cn3)cc21. The zero-order valence-corrected chi connectivity index (χ0v) is 19.3. The molecule has 1 aliphatic heterocycles. The van der Waals surface area contributed by atoms with Gasteiger partial charge in [-0.1, -0.05) is 6.07 Å². The second-order valence-electron chi connectivity index (χ2n) is 8.83. The summed E-state index contributed by atoms with van der Waals surface area (Å²) in [5.74, 6) is -0.279.